The van der Waals surface area contributed by atoms with Crippen LogP contribution in [0.2, 0.25) is 0 Å². The first-order chi connectivity index (χ1) is 9.21. The third kappa shape index (κ3) is 5.64. The summed E-state index contributed by atoms with van der Waals surface area (Å²) in [6.45, 7) is 4.81. The summed E-state index contributed by atoms with van der Waals surface area (Å²) < 4.78 is 5.54. The van der Waals surface area contributed by atoms with Crippen molar-refractivity contribution >= 4 is 21.8 Å². The van der Waals surface area contributed by atoms with Crippen LogP contribution in [0, 0.1) is 0 Å². The fourth-order valence-electron chi connectivity index (χ4n) is 1.73. The molecule has 1 unspecified atom stereocenters. The number of carbonyl (C=O) groups excluding carboxylic acids is 1. The lowest BCUT2D eigenvalue weighted by molar-refractivity contribution is 0.0934. The van der Waals surface area contributed by atoms with Gasteiger partial charge in [-0.15, -0.1) is 0 Å². The Kier molecular flexibility index (Phi) is 7.56. The number of halogens is 1. The molecule has 3 nitrogen and oxygen atoms in total. The van der Waals surface area contributed by atoms with Gasteiger partial charge in [-0.2, -0.15) is 0 Å². The van der Waals surface area contributed by atoms with E-state index in [1.54, 1.807) is 6.07 Å². The van der Waals surface area contributed by atoms with Crippen molar-refractivity contribution in [3.63, 3.8) is 0 Å². The smallest absolute Gasteiger partial charge is 0.251 e. The average Bonchev–Trinajstić information content (AvgIpc) is 2.44. The second-order valence-electron chi connectivity index (χ2n) is 4.43. The van der Waals surface area contributed by atoms with Crippen molar-refractivity contribution in [2.24, 2.45) is 0 Å². The Morgan fingerprint density at radius 3 is 2.84 bits per heavy atom. The van der Waals surface area contributed by atoms with Gasteiger partial charge in [0, 0.05) is 16.9 Å². The second kappa shape index (κ2) is 8.97. The predicted molar refractivity (Wildman–Crippen MR) is 82.2 cm³/mol. The quantitative estimate of drug-likeness (QED) is 0.738. The molecule has 0 bridgehead atoms. The number of hydrogen-bond acceptors (Lipinski definition) is 2. The van der Waals surface area contributed by atoms with E-state index in [4.69, 9.17) is 4.74 Å². The average molecular weight is 328 g/mol. The van der Waals surface area contributed by atoms with Crippen molar-refractivity contribution < 1.29 is 9.53 Å². The van der Waals surface area contributed by atoms with E-state index in [2.05, 4.69) is 35.1 Å². The standard InChI is InChI=1S/C15H22BrNO2/c1-3-10-19-14-7-5-6-12(11-14)15(18)17-13(4-2)8-9-16/h5-7,11,13H,3-4,8-10H2,1-2H3,(H,17,18). The molecule has 0 aliphatic heterocycles. The molecule has 1 atom stereocenters. The Labute approximate surface area is 123 Å². The highest BCUT2D eigenvalue weighted by atomic mass is 79.9. The fourth-order valence-corrected chi connectivity index (χ4v) is 2.28. The summed E-state index contributed by atoms with van der Waals surface area (Å²) in [5, 5.41) is 3.94. The molecule has 106 valence electrons. The Morgan fingerprint density at radius 2 is 2.21 bits per heavy atom. The van der Waals surface area contributed by atoms with Crippen LogP contribution in [-0.4, -0.2) is 23.9 Å². The van der Waals surface area contributed by atoms with Crippen LogP contribution in [-0.2, 0) is 0 Å². The molecule has 0 radical (unpaired) electrons. The molecule has 0 heterocycles. The first kappa shape index (κ1) is 16.0. The largest absolute Gasteiger partial charge is 0.494 e. The molecule has 0 fully saturated rings. The molecule has 0 aliphatic carbocycles. The van der Waals surface area contributed by atoms with Crippen molar-refractivity contribution in [1.29, 1.82) is 0 Å². The molecular formula is C15H22BrNO2. The number of rotatable bonds is 8. The Morgan fingerprint density at radius 1 is 1.42 bits per heavy atom. The van der Waals surface area contributed by atoms with Crippen LogP contribution >= 0.6 is 15.9 Å². The van der Waals surface area contributed by atoms with Gasteiger partial charge in [0.1, 0.15) is 5.75 Å². The zero-order valence-corrected chi connectivity index (χ0v) is 13.2. The van der Waals surface area contributed by atoms with Gasteiger partial charge in [0.05, 0.1) is 6.61 Å². The third-order valence-corrected chi connectivity index (χ3v) is 3.31. The first-order valence-electron chi connectivity index (χ1n) is 6.80. The minimum Gasteiger partial charge on any atom is -0.494 e. The van der Waals surface area contributed by atoms with Crippen LogP contribution < -0.4 is 10.1 Å². The SMILES string of the molecule is CCCOc1cccc(C(=O)NC(CC)CCBr)c1. The van der Waals surface area contributed by atoms with Crippen LogP contribution in [0.1, 0.15) is 43.5 Å². The molecule has 0 aliphatic rings. The number of hydrogen-bond donors (Lipinski definition) is 1. The van der Waals surface area contributed by atoms with E-state index < -0.39 is 0 Å². The third-order valence-electron chi connectivity index (χ3n) is 2.85. The van der Waals surface area contributed by atoms with Crippen LogP contribution in [0.25, 0.3) is 0 Å². The zero-order valence-electron chi connectivity index (χ0n) is 11.6. The molecule has 0 saturated carbocycles. The molecule has 0 spiro atoms. The van der Waals surface area contributed by atoms with E-state index in [9.17, 15) is 4.79 Å². The molecule has 1 aromatic rings. The van der Waals surface area contributed by atoms with Gasteiger partial charge < -0.3 is 10.1 Å². The van der Waals surface area contributed by atoms with Crippen LogP contribution in [0.15, 0.2) is 24.3 Å². The lowest BCUT2D eigenvalue weighted by atomic mass is 10.1. The lowest BCUT2D eigenvalue weighted by Crippen LogP contribution is -2.34. The molecule has 1 N–H and O–H groups in total. The van der Waals surface area contributed by atoms with Crippen molar-refractivity contribution in [2.75, 3.05) is 11.9 Å². The topological polar surface area (TPSA) is 38.3 Å². The maximum absolute atomic E-state index is 12.1. The molecule has 19 heavy (non-hydrogen) atoms. The van der Waals surface area contributed by atoms with Gasteiger partial charge in [-0.25, -0.2) is 0 Å². The first-order valence-corrected chi connectivity index (χ1v) is 7.93. The van der Waals surface area contributed by atoms with Crippen LogP contribution in [0.3, 0.4) is 0 Å². The van der Waals surface area contributed by atoms with Gasteiger partial charge in [-0.05, 0) is 37.5 Å². The second-order valence-corrected chi connectivity index (χ2v) is 5.23. The summed E-state index contributed by atoms with van der Waals surface area (Å²) in [6.07, 6.45) is 2.83. The summed E-state index contributed by atoms with van der Waals surface area (Å²) in [5.41, 5.74) is 0.654. The number of carbonyl (C=O) groups is 1. The number of ether oxygens (including phenoxy) is 1. The minimum absolute atomic E-state index is 0.0326. The molecule has 0 saturated heterocycles. The molecule has 4 heteroatoms. The van der Waals surface area contributed by atoms with Crippen molar-refractivity contribution in [3.05, 3.63) is 29.8 Å². The van der Waals surface area contributed by atoms with Gasteiger partial charge in [-0.3, -0.25) is 4.79 Å². The van der Waals surface area contributed by atoms with Crippen LogP contribution in [0.4, 0.5) is 0 Å². The summed E-state index contributed by atoms with van der Waals surface area (Å²) in [4.78, 5) is 12.1. The Bertz CT molecular complexity index is 395. The fraction of sp³-hybridized carbons (Fsp3) is 0.533. The van der Waals surface area contributed by atoms with Crippen molar-refractivity contribution in [1.82, 2.24) is 5.32 Å². The van der Waals surface area contributed by atoms with Gasteiger partial charge >= 0.3 is 0 Å². The molecular weight excluding hydrogens is 306 g/mol. The molecule has 1 aromatic carbocycles. The number of alkyl halides is 1. The highest BCUT2D eigenvalue weighted by molar-refractivity contribution is 9.09. The molecule has 1 rings (SSSR count). The predicted octanol–water partition coefficient (Wildman–Crippen LogP) is 3.77. The Balaban J connectivity index is 2.65. The minimum atomic E-state index is -0.0326. The van der Waals surface area contributed by atoms with Crippen molar-refractivity contribution in [2.45, 2.75) is 39.2 Å². The van der Waals surface area contributed by atoms with Gasteiger partial charge in [0.2, 0.25) is 0 Å². The number of amides is 1. The van der Waals surface area contributed by atoms with E-state index in [1.165, 1.54) is 0 Å². The van der Waals surface area contributed by atoms with E-state index in [0.29, 0.717) is 12.2 Å². The monoisotopic (exact) mass is 327 g/mol. The summed E-state index contributed by atoms with van der Waals surface area (Å²) >= 11 is 3.41. The zero-order chi connectivity index (χ0) is 14.1. The number of benzene rings is 1. The lowest BCUT2D eigenvalue weighted by Gasteiger charge is -2.16. The summed E-state index contributed by atoms with van der Waals surface area (Å²) in [7, 11) is 0. The number of nitrogens with one attached hydrogen (secondary N) is 1. The highest BCUT2D eigenvalue weighted by Crippen LogP contribution is 2.14. The van der Waals surface area contributed by atoms with Gasteiger partial charge in [-0.1, -0.05) is 35.8 Å². The Hall–Kier alpha value is -1.03. The summed E-state index contributed by atoms with van der Waals surface area (Å²) in [5.74, 6) is 0.720. The van der Waals surface area contributed by atoms with E-state index >= 15 is 0 Å². The normalized spacial score (nSPS) is 11.9. The van der Waals surface area contributed by atoms with E-state index in [0.717, 1.165) is 30.3 Å². The maximum atomic E-state index is 12.1. The maximum Gasteiger partial charge on any atom is 0.251 e. The highest BCUT2D eigenvalue weighted by Gasteiger charge is 2.12. The summed E-state index contributed by atoms with van der Waals surface area (Å²) in [6, 6.07) is 7.56. The van der Waals surface area contributed by atoms with Crippen molar-refractivity contribution in [3.8, 4) is 5.75 Å². The van der Waals surface area contributed by atoms with E-state index in [-0.39, 0.29) is 11.9 Å². The molecule has 1 amide bonds. The van der Waals surface area contributed by atoms with Crippen LogP contribution in [0.5, 0.6) is 5.75 Å². The van der Waals surface area contributed by atoms with E-state index in [1.807, 2.05) is 18.2 Å². The van der Waals surface area contributed by atoms with Gasteiger partial charge in [0.25, 0.3) is 5.91 Å². The molecule has 0 aromatic heterocycles. The van der Waals surface area contributed by atoms with Gasteiger partial charge in [0.15, 0.2) is 0 Å².